The molecule has 2 N–H and O–H groups in total. The van der Waals surface area contributed by atoms with Gasteiger partial charge in [0.15, 0.2) is 0 Å². The first-order valence-corrected chi connectivity index (χ1v) is 8.02. The van der Waals surface area contributed by atoms with E-state index in [4.69, 9.17) is 21.4 Å². The van der Waals surface area contributed by atoms with Gasteiger partial charge >= 0.3 is 5.97 Å². The largest absolute Gasteiger partial charge is 0.490 e. The molecule has 0 spiro atoms. The Labute approximate surface area is 142 Å². The number of halogens is 3. The van der Waals surface area contributed by atoms with Crippen LogP contribution in [0.2, 0.25) is 5.02 Å². The average Bonchev–Trinajstić information content (AvgIpc) is 3.00. The lowest BCUT2D eigenvalue weighted by Gasteiger charge is -2.18. The van der Waals surface area contributed by atoms with Gasteiger partial charge in [-0.15, -0.1) is 0 Å². The van der Waals surface area contributed by atoms with Gasteiger partial charge in [-0.2, -0.15) is 0 Å². The van der Waals surface area contributed by atoms with E-state index in [-0.39, 0.29) is 22.4 Å². The minimum atomic E-state index is -2.85. The molecule has 1 unspecified atom stereocenters. The summed E-state index contributed by atoms with van der Waals surface area (Å²) >= 11 is 5.89. The van der Waals surface area contributed by atoms with Gasteiger partial charge in [0, 0.05) is 11.4 Å². The zero-order valence-electron chi connectivity index (χ0n) is 12.8. The van der Waals surface area contributed by atoms with E-state index < -0.39 is 30.8 Å². The number of rotatable bonds is 7. The Hall–Kier alpha value is -1.89. The molecule has 132 valence electrons. The van der Waals surface area contributed by atoms with Gasteiger partial charge in [-0.1, -0.05) is 11.6 Å². The van der Waals surface area contributed by atoms with Crippen molar-refractivity contribution in [1.82, 2.24) is 5.32 Å². The number of carbonyl (C=O) groups is 2. The van der Waals surface area contributed by atoms with Gasteiger partial charge < -0.3 is 15.2 Å². The van der Waals surface area contributed by atoms with Gasteiger partial charge in [0.2, 0.25) is 6.43 Å². The molecule has 8 heteroatoms. The Balaban J connectivity index is 2.17. The van der Waals surface area contributed by atoms with Crippen molar-refractivity contribution in [3.05, 3.63) is 28.8 Å². The zero-order valence-corrected chi connectivity index (χ0v) is 13.6. The van der Waals surface area contributed by atoms with E-state index in [0.717, 1.165) is 25.7 Å². The lowest BCUT2D eigenvalue weighted by atomic mass is 10.1. The Morgan fingerprint density at radius 3 is 2.58 bits per heavy atom. The third-order valence-corrected chi connectivity index (χ3v) is 4.03. The van der Waals surface area contributed by atoms with Crippen molar-refractivity contribution >= 4 is 23.5 Å². The van der Waals surface area contributed by atoms with Crippen LogP contribution >= 0.6 is 11.6 Å². The van der Waals surface area contributed by atoms with Crippen molar-refractivity contribution in [3.63, 3.8) is 0 Å². The van der Waals surface area contributed by atoms with Crippen molar-refractivity contribution in [2.45, 2.75) is 50.7 Å². The summed E-state index contributed by atoms with van der Waals surface area (Å²) in [5.74, 6) is -2.06. The summed E-state index contributed by atoms with van der Waals surface area (Å²) in [5.41, 5.74) is 0.0370. The number of carboxylic acid groups (broad SMARTS) is 1. The average molecular weight is 362 g/mol. The third kappa shape index (κ3) is 5.06. The summed E-state index contributed by atoms with van der Waals surface area (Å²) in [5, 5.41) is 11.3. The van der Waals surface area contributed by atoms with Crippen molar-refractivity contribution < 1.29 is 28.2 Å². The fraction of sp³-hybridized carbons (Fsp3) is 0.500. The number of carbonyl (C=O) groups excluding carboxylic acids is 1. The van der Waals surface area contributed by atoms with Crippen LogP contribution in [-0.4, -0.2) is 35.6 Å². The van der Waals surface area contributed by atoms with E-state index in [2.05, 4.69) is 5.32 Å². The quantitative estimate of drug-likeness (QED) is 0.779. The lowest BCUT2D eigenvalue weighted by molar-refractivity contribution is -0.140. The van der Waals surface area contributed by atoms with Crippen LogP contribution in [0, 0.1) is 0 Å². The number of aliphatic carboxylic acids is 1. The van der Waals surface area contributed by atoms with Crippen LogP contribution in [0.25, 0.3) is 0 Å². The molecule has 0 aliphatic heterocycles. The molecule has 0 bridgehead atoms. The van der Waals surface area contributed by atoms with Crippen LogP contribution in [0.5, 0.6) is 5.75 Å². The molecule has 0 radical (unpaired) electrons. The summed E-state index contributed by atoms with van der Waals surface area (Å²) < 4.78 is 30.7. The predicted molar refractivity (Wildman–Crippen MR) is 83.8 cm³/mol. The topological polar surface area (TPSA) is 75.6 Å². The Bertz CT molecular complexity index is 606. The van der Waals surface area contributed by atoms with Gasteiger partial charge in [0.05, 0.1) is 11.7 Å². The number of hydrogen-bond donors (Lipinski definition) is 2. The van der Waals surface area contributed by atoms with Gasteiger partial charge in [0.1, 0.15) is 11.8 Å². The highest BCUT2D eigenvalue weighted by Crippen LogP contribution is 2.28. The normalized spacial score (nSPS) is 16.2. The van der Waals surface area contributed by atoms with Crippen molar-refractivity contribution in [2.75, 3.05) is 0 Å². The minimum Gasteiger partial charge on any atom is -0.490 e. The second-order valence-corrected chi connectivity index (χ2v) is 6.09. The number of hydrogen-bond acceptors (Lipinski definition) is 3. The first-order valence-electron chi connectivity index (χ1n) is 7.65. The first-order chi connectivity index (χ1) is 11.4. The van der Waals surface area contributed by atoms with Gasteiger partial charge in [-0.25, -0.2) is 13.6 Å². The zero-order chi connectivity index (χ0) is 17.7. The molecule has 1 saturated carbocycles. The molecule has 1 amide bonds. The molecule has 2 rings (SSSR count). The molecule has 5 nitrogen and oxygen atoms in total. The number of nitrogens with one attached hydrogen (secondary N) is 1. The maximum absolute atomic E-state index is 12.5. The number of amides is 1. The highest BCUT2D eigenvalue weighted by atomic mass is 35.5. The maximum Gasteiger partial charge on any atom is 0.326 e. The monoisotopic (exact) mass is 361 g/mol. The highest BCUT2D eigenvalue weighted by Gasteiger charge is 2.27. The van der Waals surface area contributed by atoms with Gasteiger partial charge in [0.25, 0.3) is 5.91 Å². The molecule has 1 aliphatic rings. The van der Waals surface area contributed by atoms with E-state index in [9.17, 15) is 18.4 Å². The summed E-state index contributed by atoms with van der Waals surface area (Å²) in [6.07, 6.45) is -0.0287. The van der Waals surface area contributed by atoms with Crippen LogP contribution in [0.3, 0.4) is 0 Å². The second kappa shape index (κ2) is 8.28. The fourth-order valence-electron chi connectivity index (χ4n) is 2.60. The first kappa shape index (κ1) is 18.4. The van der Waals surface area contributed by atoms with E-state index in [1.54, 1.807) is 6.07 Å². The molecule has 24 heavy (non-hydrogen) atoms. The van der Waals surface area contributed by atoms with Crippen LogP contribution in [0.4, 0.5) is 8.78 Å². The summed E-state index contributed by atoms with van der Waals surface area (Å²) in [6.45, 7) is 0. The van der Waals surface area contributed by atoms with E-state index in [0.29, 0.717) is 0 Å². The molecule has 1 atom stereocenters. The fourth-order valence-corrected chi connectivity index (χ4v) is 2.78. The molecule has 0 aromatic heterocycles. The molecular formula is C16H18ClF2NO4. The van der Waals surface area contributed by atoms with E-state index >= 15 is 0 Å². The third-order valence-electron chi connectivity index (χ3n) is 3.80. The summed E-state index contributed by atoms with van der Waals surface area (Å²) in [6, 6.07) is 2.73. The van der Waals surface area contributed by atoms with Crippen molar-refractivity contribution in [1.29, 1.82) is 0 Å². The number of benzene rings is 1. The molecule has 0 saturated heterocycles. The van der Waals surface area contributed by atoms with Crippen molar-refractivity contribution in [2.24, 2.45) is 0 Å². The molecule has 1 fully saturated rings. The molecule has 1 aromatic carbocycles. The Morgan fingerprint density at radius 2 is 2.00 bits per heavy atom. The second-order valence-electron chi connectivity index (χ2n) is 5.66. The smallest absolute Gasteiger partial charge is 0.326 e. The predicted octanol–water partition coefficient (Wildman–Crippen LogP) is 3.50. The summed E-state index contributed by atoms with van der Waals surface area (Å²) in [4.78, 5) is 23.4. The van der Waals surface area contributed by atoms with Crippen LogP contribution in [0.15, 0.2) is 18.2 Å². The van der Waals surface area contributed by atoms with Crippen LogP contribution < -0.4 is 10.1 Å². The van der Waals surface area contributed by atoms with Crippen molar-refractivity contribution in [3.8, 4) is 5.75 Å². The molecule has 1 aromatic rings. The summed E-state index contributed by atoms with van der Waals surface area (Å²) in [7, 11) is 0. The minimum absolute atomic E-state index is 0.0194. The van der Waals surface area contributed by atoms with E-state index in [1.807, 2.05) is 0 Å². The maximum atomic E-state index is 12.5. The lowest BCUT2D eigenvalue weighted by Crippen LogP contribution is -2.42. The van der Waals surface area contributed by atoms with Gasteiger partial charge in [-0.3, -0.25) is 4.79 Å². The molecule has 0 heterocycles. The highest BCUT2D eigenvalue weighted by molar-refractivity contribution is 6.31. The van der Waals surface area contributed by atoms with E-state index in [1.165, 1.54) is 12.1 Å². The number of ether oxygens (including phenoxy) is 1. The molecular weight excluding hydrogens is 344 g/mol. The Kier molecular flexibility index (Phi) is 6.36. The van der Waals surface area contributed by atoms with Crippen LogP contribution in [-0.2, 0) is 4.79 Å². The number of carboxylic acids is 1. The standard InChI is InChI=1S/C16H18ClF2NO4/c17-9-5-6-13(24-10-3-1-2-4-10)11(7-9)15(21)20-12(16(22)23)8-14(18)19/h5-7,10,12,14H,1-4,8H2,(H,20,21)(H,22,23). The molecule has 1 aliphatic carbocycles. The van der Waals surface area contributed by atoms with Crippen LogP contribution in [0.1, 0.15) is 42.5 Å². The Morgan fingerprint density at radius 1 is 1.33 bits per heavy atom. The number of alkyl halides is 2. The van der Waals surface area contributed by atoms with Gasteiger partial charge in [-0.05, 0) is 43.9 Å². The SMILES string of the molecule is O=C(NC(CC(F)F)C(=O)O)c1cc(Cl)ccc1OC1CCCC1.